The third-order valence-corrected chi connectivity index (χ3v) is 4.65. The van der Waals surface area contributed by atoms with Crippen LogP contribution in [0, 0.1) is 0 Å². The van der Waals surface area contributed by atoms with Gasteiger partial charge in [0.15, 0.2) is 0 Å². The van der Waals surface area contributed by atoms with Crippen molar-refractivity contribution >= 4 is 47.1 Å². The van der Waals surface area contributed by atoms with E-state index < -0.39 is 35.2 Å². The molecule has 0 aromatic heterocycles. The zero-order valence-electron chi connectivity index (χ0n) is 11.5. The summed E-state index contributed by atoms with van der Waals surface area (Å²) >= 11 is 6.56. The first-order valence-electron chi connectivity index (χ1n) is 6.35. The number of nitrogens with one attached hydrogen (secondary N) is 1. The average molecular weight is 349 g/mol. The van der Waals surface area contributed by atoms with Gasteiger partial charge in [-0.05, 0) is 6.92 Å². The van der Waals surface area contributed by atoms with Crippen LogP contribution in [-0.2, 0) is 23.9 Å². The Morgan fingerprint density at radius 1 is 1.50 bits per heavy atom. The molecule has 120 valence electrons. The van der Waals surface area contributed by atoms with E-state index in [1.54, 1.807) is 6.92 Å². The molecule has 2 heterocycles. The lowest BCUT2D eigenvalue weighted by molar-refractivity contribution is -0.151. The van der Waals surface area contributed by atoms with Gasteiger partial charge in [0.05, 0.1) is 12.2 Å². The summed E-state index contributed by atoms with van der Waals surface area (Å²) in [6, 6.07) is -0.839. The molecule has 1 fully saturated rings. The lowest BCUT2D eigenvalue weighted by Gasteiger charge is -2.49. The van der Waals surface area contributed by atoms with E-state index in [2.05, 4.69) is 5.32 Å². The number of thioether (sulfide) groups is 1. The molecule has 0 spiro atoms. The van der Waals surface area contributed by atoms with Gasteiger partial charge in [-0.3, -0.25) is 14.5 Å². The predicted octanol–water partition coefficient (Wildman–Crippen LogP) is -0.473. The number of fused-ring (bicyclic) bond motifs is 1. The average Bonchev–Trinajstić information content (AvgIpc) is 2.50. The van der Waals surface area contributed by atoms with Crippen LogP contribution in [-0.4, -0.2) is 63.4 Å². The lowest BCUT2D eigenvalue weighted by Crippen LogP contribution is -2.70. The first kappa shape index (κ1) is 16.6. The van der Waals surface area contributed by atoms with Gasteiger partial charge in [0.1, 0.15) is 23.0 Å². The number of amides is 2. The van der Waals surface area contributed by atoms with Crippen LogP contribution in [0.2, 0.25) is 0 Å². The Hall–Kier alpha value is -1.74. The van der Waals surface area contributed by atoms with Gasteiger partial charge in [-0.1, -0.05) is 0 Å². The van der Waals surface area contributed by atoms with Crippen molar-refractivity contribution in [1.82, 2.24) is 10.2 Å². The van der Waals surface area contributed by atoms with E-state index in [9.17, 15) is 24.3 Å². The number of β-lactam (4-membered cyclic amide) rings is 1. The number of rotatable bonds is 5. The highest BCUT2D eigenvalue weighted by atomic mass is 35.5. The number of ether oxygens (including phenoxy) is 1. The Labute approximate surface area is 134 Å². The SMILES string of the molecule is CCOC(=O)C1=C(C(=O)O)N2C(=O)C(NC(=O)CCl)[C@@H]2SC1. The smallest absolute Gasteiger partial charge is 0.353 e. The van der Waals surface area contributed by atoms with Crippen LogP contribution in [0.4, 0.5) is 0 Å². The third kappa shape index (κ3) is 2.78. The molecule has 10 heteroatoms. The first-order valence-corrected chi connectivity index (χ1v) is 7.94. The van der Waals surface area contributed by atoms with E-state index in [0.29, 0.717) is 0 Å². The van der Waals surface area contributed by atoms with E-state index in [-0.39, 0.29) is 29.5 Å². The van der Waals surface area contributed by atoms with E-state index in [4.69, 9.17) is 16.3 Å². The van der Waals surface area contributed by atoms with Crippen LogP contribution in [0.15, 0.2) is 11.3 Å². The fraction of sp³-hybridized carbons (Fsp3) is 0.500. The maximum Gasteiger partial charge on any atom is 0.353 e. The molecule has 2 aliphatic heterocycles. The standard InChI is InChI=1S/C12H13ClN2O6S/c1-2-21-12(20)5-4-22-10-7(14-6(16)3-13)9(17)15(10)8(5)11(18)19/h7,10H,2-4H2,1H3,(H,14,16)(H,18,19)/t7?,10-/m0/s1. The maximum atomic E-state index is 12.1. The molecule has 0 radical (unpaired) electrons. The molecule has 2 amide bonds. The van der Waals surface area contributed by atoms with Gasteiger partial charge < -0.3 is 15.2 Å². The molecule has 0 saturated carbocycles. The Morgan fingerprint density at radius 2 is 2.18 bits per heavy atom. The van der Waals surface area contributed by atoms with Crippen LogP contribution in [0.1, 0.15) is 6.92 Å². The quantitative estimate of drug-likeness (QED) is 0.392. The zero-order chi connectivity index (χ0) is 16.4. The number of carboxylic acid groups (broad SMARTS) is 1. The van der Waals surface area contributed by atoms with Gasteiger partial charge in [-0.15, -0.1) is 23.4 Å². The van der Waals surface area contributed by atoms with E-state index in [1.165, 1.54) is 11.8 Å². The van der Waals surface area contributed by atoms with Crippen molar-refractivity contribution in [3.8, 4) is 0 Å². The second-order valence-electron chi connectivity index (χ2n) is 4.44. The van der Waals surface area contributed by atoms with Crippen LogP contribution in [0.25, 0.3) is 0 Å². The molecule has 0 aromatic rings. The summed E-state index contributed by atoms with van der Waals surface area (Å²) in [6.07, 6.45) is 0. The van der Waals surface area contributed by atoms with Crippen molar-refractivity contribution in [2.45, 2.75) is 18.3 Å². The molecule has 2 atom stereocenters. The molecule has 2 aliphatic rings. The second-order valence-corrected chi connectivity index (χ2v) is 5.81. The highest BCUT2D eigenvalue weighted by Crippen LogP contribution is 2.40. The van der Waals surface area contributed by atoms with E-state index in [0.717, 1.165) is 4.90 Å². The van der Waals surface area contributed by atoms with Crippen molar-refractivity contribution in [3.05, 3.63) is 11.3 Å². The van der Waals surface area contributed by atoms with Crippen molar-refractivity contribution in [3.63, 3.8) is 0 Å². The van der Waals surface area contributed by atoms with Crippen LogP contribution >= 0.6 is 23.4 Å². The Morgan fingerprint density at radius 3 is 2.73 bits per heavy atom. The fourth-order valence-electron chi connectivity index (χ4n) is 2.21. The van der Waals surface area contributed by atoms with E-state index in [1.807, 2.05) is 0 Å². The molecule has 2 N–H and O–H groups in total. The van der Waals surface area contributed by atoms with Crippen molar-refractivity contribution < 1.29 is 29.0 Å². The topological polar surface area (TPSA) is 113 Å². The Kier molecular flexibility index (Phi) is 4.97. The summed E-state index contributed by atoms with van der Waals surface area (Å²) in [5.74, 6) is -3.46. The number of aliphatic carboxylic acids is 1. The van der Waals surface area contributed by atoms with Crippen molar-refractivity contribution in [1.29, 1.82) is 0 Å². The van der Waals surface area contributed by atoms with Gasteiger partial charge in [-0.2, -0.15) is 0 Å². The summed E-state index contributed by atoms with van der Waals surface area (Å²) in [4.78, 5) is 47.6. The van der Waals surface area contributed by atoms with Crippen molar-refractivity contribution in [2.24, 2.45) is 0 Å². The van der Waals surface area contributed by atoms with Gasteiger partial charge in [0.2, 0.25) is 5.91 Å². The number of nitrogens with zero attached hydrogens (tertiary/aromatic N) is 1. The molecule has 0 bridgehead atoms. The summed E-state index contributed by atoms with van der Waals surface area (Å²) in [6.45, 7) is 1.70. The first-order chi connectivity index (χ1) is 10.4. The van der Waals surface area contributed by atoms with Gasteiger partial charge in [-0.25, -0.2) is 9.59 Å². The number of alkyl halides is 1. The summed E-state index contributed by atoms with van der Waals surface area (Å²) in [7, 11) is 0. The molecule has 0 aliphatic carbocycles. The van der Waals surface area contributed by atoms with Crippen molar-refractivity contribution in [2.75, 3.05) is 18.2 Å². The number of carbonyl (C=O) groups excluding carboxylic acids is 3. The van der Waals surface area contributed by atoms with Gasteiger partial charge in [0, 0.05) is 5.75 Å². The summed E-state index contributed by atoms with van der Waals surface area (Å²) in [5, 5.41) is 11.2. The number of hydrogen-bond donors (Lipinski definition) is 2. The van der Waals surface area contributed by atoms with Crippen LogP contribution in [0.5, 0.6) is 0 Å². The zero-order valence-corrected chi connectivity index (χ0v) is 13.1. The molecule has 22 heavy (non-hydrogen) atoms. The third-order valence-electron chi connectivity index (χ3n) is 3.13. The minimum absolute atomic E-state index is 0.0638. The van der Waals surface area contributed by atoms with Crippen LogP contribution in [0.3, 0.4) is 0 Å². The normalized spacial score (nSPS) is 23.5. The molecule has 2 rings (SSSR count). The molecule has 8 nitrogen and oxygen atoms in total. The predicted molar refractivity (Wildman–Crippen MR) is 77.0 cm³/mol. The molecule has 1 saturated heterocycles. The van der Waals surface area contributed by atoms with Gasteiger partial charge in [0.25, 0.3) is 5.91 Å². The molecule has 0 aromatic carbocycles. The Balaban J connectivity index is 2.27. The number of esters is 1. The molecular formula is C12H13ClN2O6S. The number of carboxylic acids is 1. The monoisotopic (exact) mass is 348 g/mol. The number of halogens is 1. The van der Waals surface area contributed by atoms with E-state index >= 15 is 0 Å². The minimum atomic E-state index is -1.39. The lowest BCUT2D eigenvalue weighted by atomic mass is 10.0. The number of carbonyl (C=O) groups is 4. The van der Waals surface area contributed by atoms with Gasteiger partial charge >= 0.3 is 11.9 Å². The number of hydrogen-bond acceptors (Lipinski definition) is 6. The highest BCUT2D eigenvalue weighted by molar-refractivity contribution is 8.00. The molecular weight excluding hydrogens is 336 g/mol. The summed E-state index contributed by atoms with van der Waals surface area (Å²) in [5.41, 5.74) is -0.449. The minimum Gasteiger partial charge on any atom is -0.477 e. The highest BCUT2D eigenvalue weighted by Gasteiger charge is 2.55. The fourth-order valence-corrected chi connectivity index (χ4v) is 3.61. The summed E-state index contributed by atoms with van der Waals surface area (Å²) < 4.78 is 4.81. The Bertz CT molecular complexity index is 578. The van der Waals surface area contributed by atoms with Crippen LogP contribution < -0.4 is 5.32 Å². The second kappa shape index (κ2) is 6.57. The largest absolute Gasteiger partial charge is 0.477 e. The maximum absolute atomic E-state index is 12.1. The molecule has 1 unspecified atom stereocenters.